The van der Waals surface area contributed by atoms with Crippen LogP contribution in [0.15, 0.2) is 16.6 Å². The molecule has 12 heavy (non-hydrogen) atoms. The van der Waals surface area contributed by atoms with Gasteiger partial charge in [0.05, 0.1) is 4.47 Å². The topological polar surface area (TPSA) is 18.5 Å². The van der Waals surface area contributed by atoms with Crippen molar-refractivity contribution in [3.63, 3.8) is 0 Å². The van der Waals surface area contributed by atoms with E-state index in [0.717, 1.165) is 21.5 Å². The lowest BCUT2D eigenvalue weighted by Crippen LogP contribution is -1.93. The monoisotopic (exact) mass is 246 g/mol. The number of hydrogen-bond donors (Lipinski definition) is 1. The van der Waals surface area contributed by atoms with Crippen molar-refractivity contribution in [2.45, 2.75) is 5.75 Å². The number of hydrogen-bond acceptors (Lipinski definition) is 3. The van der Waals surface area contributed by atoms with Gasteiger partial charge in [-0.15, -0.1) is 0 Å². The summed E-state index contributed by atoms with van der Waals surface area (Å²) >= 11 is 7.58. The first-order valence-corrected chi connectivity index (χ1v) is 4.92. The first-order valence-electron chi connectivity index (χ1n) is 3.50. The quantitative estimate of drug-likeness (QED) is 0.769. The van der Waals surface area contributed by atoms with E-state index in [-0.39, 0.29) is 0 Å². The van der Waals surface area contributed by atoms with Gasteiger partial charge in [0.2, 0.25) is 6.79 Å². The first kappa shape index (κ1) is 8.26. The van der Waals surface area contributed by atoms with Crippen LogP contribution in [0, 0.1) is 0 Å². The number of halogens is 1. The molecule has 0 bridgehead atoms. The van der Waals surface area contributed by atoms with Crippen LogP contribution in [0.4, 0.5) is 0 Å². The predicted octanol–water partition coefficient (Wildman–Crippen LogP) is 2.61. The fourth-order valence-corrected chi connectivity index (χ4v) is 1.90. The van der Waals surface area contributed by atoms with Gasteiger partial charge in [-0.1, -0.05) is 0 Å². The second-order valence-electron chi connectivity index (χ2n) is 2.47. The van der Waals surface area contributed by atoms with E-state index >= 15 is 0 Å². The van der Waals surface area contributed by atoms with Crippen LogP contribution in [-0.2, 0) is 5.75 Å². The molecule has 4 heteroatoms. The Morgan fingerprint density at radius 1 is 1.42 bits per heavy atom. The Balaban J connectivity index is 2.51. The third-order valence-electron chi connectivity index (χ3n) is 1.67. The van der Waals surface area contributed by atoms with Crippen molar-refractivity contribution >= 4 is 28.6 Å². The van der Waals surface area contributed by atoms with E-state index in [1.807, 2.05) is 12.1 Å². The zero-order chi connectivity index (χ0) is 8.55. The molecule has 1 aliphatic rings. The molecule has 1 aliphatic heterocycles. The average molecular weight is 247 g/mol. The smallest absolute Gasteiger partial charge is 0.231 e. The largest absolute Gasteiger partial charge is 0.454 e. The molecule has 0 saturated heterocycles. The number of thiol groups is 1. The van der Waals surface area contributed by atoms with E-state index < -0.39 is 0 Å². The Hall–Kier alpha value is -0.350. The Morgan fingerprint density at radius 3 is 3.00 bits per heavy atom. The molecule has 1 aromatic rings. The van der Waals surface area contributed by atoms with Crippen LogP contribution in [-0.4, -0.2) is 6.79 Å². The van der Waals surface area contributed by atoms with Gasteiger partial charge in [0.1, 0.15) is 0 Å². The van der Waals surface area contributed by atoms with Crippen molar-refractivity contribution in [2.75, 3.05) is 6.79 Å². The van der Waals surface area contributed by atoms with Gasteiger partial charge >= 0.3 is 0 Å². The summed E-state index contributed by atoms with van der Waals surface area (Å²) in [5.41, 5.74) is 1.12. The minimum atomic E-state index is 0.309. The fraction of sp³-hybridized carbons (Fsp3) is 0.250. The molecule has 1 aromatic carbocycles. The number of rotatable bonds is 1. The van der Waals surface area contributed by atoms with Crippen LogP contribution in [0.5, 0.6) is 11.5 Å². The normalized spacial score (nSPS) is 13.5. The summed E-state index contributed by atoms with van der Waals surface area (Å²) in [4.78, 5) is 0. The van der Waals surface area contributed by atoms with Gasteiger partial charge in [-0.2, -0.15) is 12.6 Å². The highest BCUT2D eigenvalue weighted by Crippen LogP contribution is 2.40. The lowest BCUT2D eigenvalue weighted by atomic mass is 10.2. The Kier molecular flexibility index (Phi) is 2.19. The van der Waals surface area contributed by atoms with Crippen molar-refractivity contribution in [3.05, 3.63) is 22.2 Å². The SMILES string of the molecule is SCc1cc(Br)c2c(c1)OCO2. The van der Waals surface area contributed by atoms with Crippen molar-refractivity contribution in [1.29, 1.82) is 0 Å². The second kappa shape index (κ2) is 3.18. The Morgan fingerprint density at radius 2 is 2.25 bits per heavy atom. The summed E-state index contributed by atoms with van der Waals surface area (Å²) in [7, 11) is 0. The van der Waals surface area contributed by atoms with Gasteiger partial charge in [0.15, 0.2) is 11.5 Å². The number of benzene rings is 1. The van der Waals surface area contributed by atoms with Crippen molar-refractivity contribution in [1.82, 2.24) is 0 Å². The standard InChI is InChI=1S/C8H7BrO2S/c9-6-1-5(3-12)2-7-8(6)11-4-10-7/h1-2,12H,3-4H2. The fourth-order valence-electron chi connectivity index (χ4n) is 1.11. The van der Waals surface area contributed by atoms with Crippen LogP contribution >= 0.6 is 28.6 Å². The summed E-state index contributed by atoms with van der Waals surface area (Å²) in [6.45, 7) is 0.309. The zero-order valence-corrected chi connectivity index (χ0v) is 8.69. The Bertz CT molecular complexity index is 314. The molecule has 1 heterocycles. The molecule has 0 unspecified atom stereocenters. The lowest BCUT2D eigenvalue weighted by Gasteiger charge is -2.01. The number of ether oxygens (including phenoxy) is 2. The summed E-state index contributed by atoms with van der Waals surface area (Å²) in [5, 5.41) is 0. The highest BCUT2D eigenvalue weighted by molar-refractivity contribution is 9.10. The molecular formula is C8H7BrO2S. The third-order valence-corrected chi connectivity index (χ3v) is 2.62. The molecule has 0 fully saturated rings. The molecule has 0 saturated carbocycles. The van der Waals surface area contributed by atoms with Gasteiger partial charge in [-0.3, -0.25) is 0 Å². The molecule has 2 nitrogen and oxygen atoms in total. The summed E-state index contributed by atoms with van der Waals surface area (Å²) in [5.74, 6) is 2.30. The van der Waals surface area contributed by atoms with E-state index in [9.17, 15) is 0 Å². The van der Waals surface area contributed by atoms with Gasteiger partial charge < -0.3 is 9.47 Å². The first-order chi connectivity index (χ1) is 5.81. The lowest BCUT2D eigenvalue weighted by molar-refractivity contribution is 0.173. The molecule has 0 aromatic heterocycles. The van der Waals surface area contributed by atoms with Crippen molar-refractivity contribution < 1.29 is 9.47 Å². The van der Waals surface area contributed by atoms with Crippen LogP contribution in [0.3, 0.4) is 0 Å². The van der Waals surface area contributed by atoms with Crippen LogP contribution in [0.1, 0.15) is 5.56 Å². The highest BCUT2D eigenvalue weighted by Gasteiger charge is 2.17. The van der Waals surface area contributed by atoms with Crippen LogP contribution < -0.4 is 9.47 Å². The van der Waals surface area contributed by atoms with E-state index in [1.165, 1.54) is 0 Å². The molecule has 0 atom stereocenters. The van der Waals surface area contributed by atoms with Gasteiger partial charge in [-0.05, 0) is 33.6 Å². The molecule has 0 aliphatic carbocycles. The van der Waals surface area contributed by atoms with E-state index in [4.69, 9.17) is 9.47 Å². The summed E-state index contributed by atoms with van der Waals surface area (Å²) < 4.78 is 11.4. The molecular weight excluding hydrogens is 240 g/mol. The maximum absolute atomic E-state index is 5.24. The summed E-state index contributed by atoms with van der Waals surface area (Å²) in [6, 6.07) is 3.93. The van der Waals surface area contributed by atoms with Crippen molar-refractivity contribution in [2.24, 2.45) is 0 Å². The van der Waals surface area contributed by atoms with E-state index in [2.05, 4.69) is 28.6 Å². The van der Waals surface area contributed by atoms with Gasteiger partial charge in [0.25, 0.3) is 0 Å². The van der Waals surface area contributed by atoms with Crippen LogP contribution in [0.2, 0.25) is 0 Å². The maximum atomic E-state index is 5.24. The average Bonchev–Trinajstić information content (AvgIpc) is 2.52. The van der Waals surface area contributed by atoms with Crippen molar-refractivity contribution in [3.8, 4) is 11.5 Å². The molecule has 0 radical (unpaired) electrons. The second-order valence-corrected chi connectivity index (χ2v) is 3.64. The molecule has 64 valence electrons. The predicted molar refractivity (Wildman–Crippen MR) is 53.0 cm³/mol. The number of fused-ring (bicyclic) bond motifs is 1. The molecule has 0 spiro atoms. The Labute approximate surface area is 84.4 Å². The third kappa shape index (κ3) is 1.29. The molecule has 0 N–H and O–H groups in total. The van der Waals surface area contributed by atoms with Crippen LogP contribution in [0.25, 0.3) is 0 Å². The maximum Gasteiger partial charge on any atom is 0.231 e. The van der Waals surface area contributed by atoms with Gasteiger partial charge in [0, 0.05) is 5.75 Å². The van der Waals surface area contributed by atoms with Gasteiger partial charge in [-0.25, -0.2) is 0 Å². The summed E-state index contributed by atoms with van der Waals surface area (Å²) in [6.07, 6.45) is 0. The minimum absolute atomic E-state index is 0.309. The molecule has 2 rings (SSSR count). The van der Waals surface area contributed by atoms with E-state index in [0.29, 0.717) is 12.5 Å². The molecule has 0 amide bonds. The highest BCUT2D eigenvalue weighted by atomic mass is 79.9. The zero-order valence-electron chi connectivity index (χ0n) is 6.21. The minimum Gasteiger partial charge on any atom is -0.454 e. The van der Waals surface area contributed by atoms with E-state index in [1.54, 1.807) is 0 Å².